The number of Topliss-reactive ketones (excluding diaryl/α,β-unsaturated/α-hetero) is 2. The van der Waals surface area contributed by atoms with Gasteiger partial charge in [0.1, 0.15) is 22.8 Å². The first-order valence-electron chi connectivity index (χ1n) is 11.7. The van der Waals surface area contributed by atoms with Crippen molar-refractivity contribution < 1.29 is 34.8 Å². The summed E-state index contributed by atoms with van der Waals surface area (Å²) in [6.45, 7) is 5.33. The number of phenols is 1. The number of benzene rings is 1. The Kier molecular flexibility index (Phi) is 5.93. The van der Waals surface area contributed by atoms with Gasteiger partial charge in [0.15, 0.2) is 11.4 Å². The largest absolute Gasteiger partial charge is 0.508 e. The lowest BCUT2D eigenvalue weighted by molar-refractivity contribution is -0.153. The van der Waals surface area contributed by atoms with Crippen molar-refractivity contribution in [3.8, 4) is 5.75 Å². The zero-order valence-electron chi connectivity index (χ0n) is 20.2. The lowest BCUT2D eigenvalue weighted by Crippen LogP contribution is -2.65. The number of aromatic hydroxyl groups is 1. The van der Waals surface area contributed by atoms with Crippen LogP contribution in [0.3, 0.4) is 0 Å². The van der Waals surface area contributed by atoms with Gasteiger partial charge in [0.25, 0.3) is 5.91 Å². The summed E-state index contributed by atoms with van der Waals surface area (Å²) >= 11 is 0. The molecule has 1 aromatic carbocycles. The highest BCUT2D eigenvalue weighted by Crippen LogP contribution is 2.53. The second-order valence-electron chi connectivity index (χ2n) is 9.59. The van der Waals surface area contributed by atoms with Crippen LogP contribution in [0.2, 0.25) is 0 Å². The molecule has 0 aromatic heterocycles. The number of amides is 1. The minimum atomic E-state index is -2.63. The molecule has 3 aliphatic carbocycles. The van der Waals surface area contributed by atoms with Gasteiger partial charge in [0.2, 0.25) is 5.78 Å². The van der Waals surface area contributed by atoms with Gasteiger partial charge in [0, 0.05) is 30.3 Å². The molecule has 0 spiro atoms. The van der Waals surface area contributed by atoms with Gasteiger partial charge in [-0.1, -0.05) is 0 Å². The zero-order chi connectivity index (χ0) is 26.0. The van der Waals surface area contributed by atoms with Crippen molar-refractivity contribution in [1.82, 2.24) is 4.90 Å². The van der Waals surface area contributed by atoms with Gasteiger partial charge in [0.05, 0.1) is 11.6 Å². The standard InChI is InChI=1S/C25H31N3O7/c1-5-28(6-2)14-7-8-15(29)17-12(14)9-11-10-13-19(27(3)4)21(31)18(24(26)34)23(33)25(13,35)22(32)16(11)20(17)30/h7-8,11,13,19,29-30,33,35H,5-6,9-10H2,1-4H3,(H2,26,34)/t11-,13-,19-,25-/m0/s1. The topological polar surface area (TPSA) is 165 Å². The maximum atomic E-state index is 13.8. The van der Waals surface area contributed by atoms with E-state index in [-0.39, 0.29) is 29.7 Å². The van der Waals surface area contributed by atoms with Crippen molar-refractivity contribution in [3.05, 3.63) is 40.2 Å². The highest BCUT2D eigenvalue weighted by Gasteiger charge is 2.64. The van der Waals surface area contributed by atoms with Gasteiger partial charge >= 0.3 is 0 Å². The Hall–Kier alpha value is -3.37. The lowest BCUT2D eigenvalue weighted by atomic mass is 9.57. The van der Waals surface area contributed by atoms with E-state index in [2.05, 4.69) is 4.90 Å². The van der Waals surface area contributed by atoms with E-state index in [1.54, 1.807) is 20.2 Å². The van der Waals surface area contributed by atoms with E-state index >= 15 is 0 Å². The molecule has 1 fully saturated rings. The number of nitrogens with zero attached hydrogens (tertiary/aromatic N) is 2. The summed E-state index contributed by atoms with van der Waals surface area (Å²) in [4.78, 5) is 42.5. The second kappa shape index (κ2) is 8.39. The van der Waals surface area contributed by atoms with Crippen molar-refractivity contribution >= 4 is 28.9 Å². The molecule has 4 atom stereocenters. The van der Waals surface area contributed by atoms with Crippen LogP contribution >= 0.6 is 0 Å². The first kappa shape index (κ1) is 24.7. The number of anilines is 1. The van der Waals surface area contributed by atoms with E-state index in [1.807, 2.05) is 13.8 Å². The summed E-state index contributed by atoms with van der Waals surface area (Å²) < 4.78 is 0. The van der Waals surface area contributed by atoms with Crippen molar-refractivity contribution in [2.75, 3.05) is 32.1 Å². The number of fused-ring (bicyclic) bond motifs is 3. The van der Waals surface area contributed by atoms with E-state index in [0.29, 0.717) is 18.7 Å². The molecule has 1 aromatic rings. The van der Waals surface area contributed by atoms with Crippen LogP contribution in [0.1, 0.15) is 31.4 Å². The number of aliphatic hydroxyl groups excluding tert-OH is 2. The average molecular weight is 486 g/mol. The molecule has 1 amide bonds. The molecule has 0 radical (unpaired) electrons. The maximum Gasteiger partial charge on any atom is 0.255 e. The highest BCUT2D eigenvalue weighted by atomic mass is 16.3. The number of primary amides is 1. The van der Waals surface area contributed by atoms with Crippen LogP contribution in [-0.4, -0.2) is 81.6 Å². The van der Waals surface area contributed by atoms with Crippen LogP contribution in [0.15, 0.2) is 29.0 Å². The fraction of sp³-hybridized carbons (Fsp3) is 0.480. The predicted octanol–water partition coefficient (Wildman–Crippen LogP) is 0.810. The number of ketones is 2. The van der Waals surface area contributed by atoms with Crippen molar-refractivity contribution in [2.45, 2.75) is 38.3 Å². The van der Waals surface area contributed by atoms with Gasteiger partial charge < -0.3 is 31.1 Å². The van der Waals surface area contributed by atoms with Crippen LogP contribution in [-0.2, 0) is 20.8 Å². The Balaban J connectivity index is 1.97. The van der Waals surface area contributed by atoms with Gasteiger partial charge in [-0.05, 0) is 64.4 Å². The Morgan fingerprint density at radius 1 is 1.14 bits per heavy atom. The summed E-state index contributed by atoms with van der Waals surface area (Å²) in [7, 11) is 3.15. The van der Waals surface area contributed by atoms with Crippen LogP contribution in [0.25, 0.3) is 5.76 Å². The van der Waals surface area contributed by atoms with Gasteiger partial charge in [-0.15, -0.1) is 0 Å². The highest BCUT2D eigenvalue weighted by molar-refractivity contribution is 6.24. The summed E-state index contributed by atoms with van der Waals surface area (Å²) in [6.07, 6.45) is 0.341. The molecule has 3 aliphatic rings. The zero-order valence-corrected chi connectivity index (χ0v) is 20.2. The Morgan fingerprint density at radius 3 is 2.31 bits per heavy atom. The minimum Gasteiger partial charge on any atom is -0.508 e. The van der Waals surface area contributed by atoms with Crippen LogP contribution in [0.5, 0.6) is 5.75 Å². The quantitative estimate of drug-likeness (QED) is 0.380. The SMILES string of the molecule is CCN(CC)c1ccc(O)c2c1C[C@H]1C[C@H]3[C@H](N(C)C)C(=O)C(C(N)=O)=C(O)[C@@]3(O)C(=O)C1=C2O. The molecule has 188 valence electrons. The number of hydrogen-bond acceptors (Lipinski definition) is 9. The first-order valence-corrected chi connectivity index (χ1v) is 11.7. The Bertz CT molecular complexity index is 1200. The lowest BCUT2D eigenvalue weighted by Gasteiger charge is -2.50. The molecule has 35 heavy (non-hydrogen) atoms. The third kappa shape index (κ3) is 3.27. The molecular formula is C25H31N3O7. The summed E-state index contributed by atoms with van der Waals surface area (Å²) in [6, 6.07) is 2.11. The Labute approximate surface area is 202 Å². The molecule has 0 aliphatic heterocycles. The number of rotatable bonds is 5. The molecule has 0 bridgehead atoms. The number of phenolic OH excluding ortho intramolecular Hbond substituents is 1. The van der Waals surface area contributed by atoms with E-state index in [4.69, 9.17) is 5.73 Å². The average Bonchev–Trinajstić information content (AvgIpc) is 2.78. The number of hydrogen-bond donors (Lipinski definition) is 5. The molecule has 0 heterocycles. The molecule has 10 nitrogen and oxygen atoms in total. The van der Waals surface area contributed by atoms with Crippen molar-refractivity contribution in [3.63, 3.8) is 0 Å². The molecule has 10 heteroatoms. The predicted molar refractivity (Wildman–Crippen MR) is 128 cm³/mol. The van der Waals surface area contributed by atoms with Crippen molar-refractivity contribution in [2.24, 2.45) is 17.6 Å². The molecule has 1 saturated carbocycles. The van der Waals surface area contributed by atoms with E-state index in [1.165, 1.54) is 11.0 Å². The van der Waals surface area contributed by atoms with E-state index < -0.39 is 58.0 Å². The van der Waals surface area contributed by atoms with Crippen LogP contribution in [0.4, 0.5) is 5.69 Å². The Morgan fingerprint density at radius 2 is 1.77 bits per heavy atom. The first-order chi connectivity index (χ1) is 16.4. The van der Waals surface area contributed by atoms with Crippen molar-refractivity contribution in [1.29, 1.82) is 0 Å². The molecule has 4 rings (SSSR count). The molecular weight excluding hydrogens is 454 g/mol. The molecule has 6 N–H and O–H groups in total. The van der Waals surface area contributed by atoms with Crippen LogP contribution in [0, 0.1) is 11.8 Å². The fourth-order valence-corrected chi connectivity index (χ4v) is 6.09. The van der Waals surface area contributed by atoms with Gasteiger partial charge in [-0.3, -0.25) is 19.3 Å². The number of nitrogens with two attached hydrogens (primary N) is 1. The van der Waals surface area contributed by atoms with Crippen LogP contribution < -0.4 is 10.6 Å². The number of carbonyl (C=O) groups is 3. The van der Waals surface area contributed by atoms with Gasteiger partial charge in [-0.25, -0.2) is 0 Å². The maximum absolute atomic E-state index is 13.8. The second-order valence-corrected chi connectivity index (χ2v) is 9.59. The number of carbonyl (C=O) groups excluding carboxylic acids is 3. The minimum absolute atomic E-state index is 0.0686. The summed E-state index contributed by atoms with van der Waals surface area (Å²) in [5.74, 6) is -6.49. The summed E-state index contributed by atoms with van der Waals surface area (Å²) in [5, 5.41) is 44.3. The van der Waals surface area contributed by atoms with E-state index in [9.17, 15) is 34.8 Å². The van der Waals surface area contributed by atoms with E-state index in [0.717, 1.165) is 5.69 Å². The van der Waals surface area contributed by atoms with Gasteiger partial charge in [-0.2, -0.15) is 0 Å². The number of likely N-dealkylation sites (N-methyl/N-ethyl adjacent to an activating group) is 1. The number of aliphatic hydroxyl groups is 3. The molecule has 0 unspecified atom stereocenters. The fourth-order valence-electron chi connectivity index (χ4n) is 6.09. The monoisotopic (exact) mass is 485 g/mol. The third-order valence-electron chi connectivity index (χ3n) is 7.68. The third-order valence-corrected chi connectivity index (χ3v) is 7.68. The summed E-state index contributed by atoms with van der Waals surface area (Å²) in [5.41, 5.74) is 3.31. The smallest absolute Gasteiger partial charge is 0.255 e. The molecule has 0 saturated heterocycles. The normalized spacial score (nSPS) is 28.1.